The molecule has 2 aromatic carbocycles. The van der Waals surface area contributed by atoms with Gasteiger partial charge in [-0.1, -0.05) is 31.2 Å². The lowest BCUT2D eigenvalue weighted by atomic mass is 9.94. The number of fused-ring (bicyclic) bond motifs is 2. The largest absolute Gasteiger partial charge is 0.490 e. The van der Waals surface area contributed by atoms with Gasteiger partial charge < -0.3 is 19.3 Å². The fourth-order valence-corrected chi connectivity index (χ4v) is 4.88. The molecule has 0 unspecified atom stereocenters. The Morgan fingerprint density at radius 1 is 1.09 bits per heavy atom. The molecule has 2 aromatic rings. The first-order valence-electron chi connectivity index (χ1n) is 11.8. The van der Waals surface area contributed by atoms with E-state index in [0.717, 1.165) is 38.1 Å². The van der Waals surface area contributed by atoms with Crippen LogP contribution in [0.25, 0.3) is 0 Å². The third-order valence-electron chi connectivity index (χ3n) is 6.46. The maximum atomic E-state index is 12.6. The van der Waals surface area contributed by atoms with Crippen LogP contribution in [-0.2, 0) is 30.5 Å². The van der Waals surface area contributed by atoms with Crippen LogP contribution in [0.3, 0.4) is 0 Å². The number of aryl methyl sites for hydroxylation is 1. The Bertz CT molecular complexity index is 993. The quantitative estimate of drug-likeness (QED) is 0.655. The fraction of sp³-hybridized carbons (Fsp3) is 0.519. The van der Waals surface area contributed by atoms with Crippen LogP contribution in [0.2, 0.25) is 0 Å². The number of anilines is 1. The van der Waals surface area contributed by atoms with Crippen molar-refractivity contribution in [2.75, 3.05) is 31.1 Å². The second-order valence-electron chi connectivity index (χ2n) is 9.85. The summed E-state index contributed by atoms with van der Waals surface area (Å²) in [6, 6.07) is 10.9. The van der Waals surface area contributed by atoms with E-state index in [1.807, 2.05) is 25.7 Å². The average Bonchev–Trinajstić information content (AvgIpc) is 2.96. The van der Waals surface area contributed by atoms with Gasteiger partial charge in [-0.05, 0) is 80.8 Å². The molecule has 0 N–H and O–H groups in total. The maximum absolute atomic E-state index is 12.6. The molecule has 5 heteroatoms. The van der Waals surface area contributed by atoms with Crippen molar-refractivity contribution >= 4 is 11.8 Å². The summed E-state index contributed by atoms with van der Waals surface area (Å²) >= 11 is 0. The van der Waals surface area contributed by atoms with Crippen molar-refractivity contribution in [2.24, 2.45) is 0 Å². The summed E-state index contributed by atoms with van der Waals surface area (Å²) in [4.78, 5) is 17.0. The van der Waals surface area contributed by atoms with E-state index < -0.39 is 5.60 Å². The maximum Gasteiger partial charge on any atom is 0.410 e. The van der Waals surface area contributed by atoms with E-state index in [1.54, 1.807) is 0 Å². The van der Waals surface area contributed by atoms with E-state index in [1.165, 1.54) is 33.5 Å². The van der Waals surface area contributed by atoms with Gasteiger partial charge in [0.2, 0.25) is 0 Å². The van der Waals surface area contributed by atoms with Gasteiger partial charge in [-0.3, -0.25) is 0 Å². The van der Waals surface area contributed by atoms with Gasteiger partial charge in [0.1, 0.15) is 18.0 Å². The number of ether oxygens (including phenoxy) is 2. The molecule has 2 heterocycles. The van der Waals surface area contributed by atoms with Gasteiger partial charge in [0, 0.05) is 19.6 Å². The van der Waals surface area contributed by atoms with Crippen molar-refractivity contribution in [3.8, 4) is 5.75 Å². The summed E-state index contributed by atoms with van der Waals surface area (Å²) in [5.74, 6) is 0.979. The van der Waals surface area contributed by atoms with Gasteiger partial charge in [-0.15, -0.1) is 0 Å². The Balaban J connectivity index is 1.60. The topological polar surface area (TPSA) is 42.0 Å². The van der Waals surface area contributed by atoms with Crippen molar-refractivity contribution < 1.29 is 14.3 Å². The van der Waals surface area contributed by atoms with Gasteiger partial charge in [-0.25, -0.2) is 4.79 Å². The first-order valence-corrected chi connectivity index (χ1v) is 11.8. The molecule has 0 saturated heterocycles. The second kappa shape index (κ2) is 9.05. The molecule has 0 fully saturated rings. The molecule has 1 amide bonds. The molecule has 0 bridgehead atoms. The highest BCUT2D eigenvalue weighted by Gasteiger charge is 2.29. The standard InChI is InChI=1S/C27H36N2O3/c1-6-20-9-7-8-10-22(20)18-29-15-16-31-24-17-21-11-13-28(26(30)32-27(3,4)5)14-12-23(21)19(2)25(24)29/h7-10,17H,6,11-16,18H2,1-5H3. The molecule has 0 radical (unpaired) electrons. The fourth-order valence-electron chi connectivity index (χ4n) is 4.88. The zero-order chi connectivity index (χ0) is 22.9. The molecule has 0 spiro atoms. The molecule has 172 valence electrons. The lowest BCUT2D eigenvalue weighted by Crippen LogP contribution is -2.38. The van der Waals surface area contributed by atoms with Crippen LogP contribution in [0.5, 0.6) is 5.75 Å². The molecule has 4 rings (SSSR count). The summed E-state index contributed by atoms with van der Waals surface area (Å²) in [5, 5.41) is 0. The number of benzene rings is 2. The van der Waals surface area contributed by atoms with Crippen LogP contribution in [0.1, 0.15) is 55.5 Å². The Labute approximate surface area is 192 Å². The number of rotatable bonds is 3. The van der Waals surface area contributed by atoms with Crippen LogP contribution >= 0.6 is 0 Å². The summed E-state index contributed by atoms with van der Waals surface area (Å²) in [5.41, 5.74) is 7.46. The van der Waals surface area contributed by atoms with Crippen LogP contribution in [0.4, 0.5) is 10.5 Å². The molecule has 2 aliphatic rings. The lowest BCUT2D eigenvalue weighted by Gasteiger charge is -2.34. The lowest BCUT2D eigenvalue weighted by molar-refractivity contribution is 0.0258. The van der Waals surface area contributed by atoms with Gasteiger partial charge in [0.15, 0.2) is 0 Å². The van der Waals surface area contributed by atoms with Crippen molar-refractivity contribution in [3.63, 3.8) is 0 Å². The van der Waals surface area contributed by atoms with Crippen molar-refractivity contribution in [1.82, 2.24) is 4.90 Å². The summed E-state index contributed by atoms with van der Waals surface area (Å²) < 4.78 is 11.7. The highest BCUT2D eigenvalue weighted by Crippen LogP contribution is 2.40. The molecular formula is C27H36N2O3. The highest BCUT2D eigenvalue weighted by atomic mass is 16.6. The smallest absolute Gasteiger partial charge is 0.410 e. The van der Waals surface area contributed by atoms with Gasteiger partial charge >= 0.3 is 6.09 Å². The Kier molecular flexibility index (Phi) is 6.36. The third kappa shape index (κ3) is 4.72. The number of carbonyl (C=O) groups excluding carboxylic acids is 1. The molecule has 0 aromatic heterocycles. The van der Waals surface area contributed by atoms with E-state index in [2.05, 4.69) is 49.1 Å². The Morgan fingerprint density at radius 3 is 2.53 bits per heavy atom. The minimum Gasteiger partial charge on any atom is -0.490 e. The summed E-state index contributed by atoms with van der Waals surface area (Å²) in [6.45, 7) is 14.0. The average molecular weight is 437 g/mol. The molecule has 5 nitrogen and oxygen atoms in total. The molecule has 2 aliphatic heterocycles. The minimum absolute atomic E-state index is 0.221. The van der Waals surface area contributed by atoms with Crippen LogP contribution in [-0.4, -0.2) is 42.8 Å². The van der Waals surface area contributed by atoms with Crippen molar-refractivity contribution in [1.29, 1.82) is 0 Å². The first kappa shape index (κ1) is 22.5. The zero-order valence-corrected chi connectivity index (χ0v) is 20.2. The Hall–Kier alpha value is -2.69. The molecule has 32 heavy (non-hydrogen) atoms. The molecule has 0 aliphatic carbocycles. The number of hydrogen-bond donors (Lipinski definition) is 0. The van der Waals surface area contributed by atoms with Crippen molar-refractivity contribution in [2.45, 2.75) is 66.0 Å². The van der Waals surface area contributed by atoms with Crippen molar-refractivity contribution in [3.05, 3.63) is 58.1 Å². The predicted molar refractivity (Wildman–Crippen MR) is 129 cm³/mol. The monoisotopic (exact) mass is 436 g/mol. The molecule has 0 atom stereocenters. The molecule has 0 saturated carbocycles. The van der Waals surface area contributed by atoms with E-state index in [-0.39, 0.29) is 6.09 Å². The van der Waals surface area contributed by atoms with Gasteiger partial charge in [0.25, 0.3) is 0 Å². The summed E-state index contributed by atoms with van der Waals surface area (Å²) in [6.07, 6.45) is 2.48. The zero-order valence-electron chi connectivity index (χ0n) is 20.2. The second-order valence-corrected chi connectivity index (χ2v) is 9.85. The number of amides is 1. The van der Waals surface area contributed by atoms with E-state index in [4.69, 9.17) is 9.47 Å². The number of nitrogens with zero attached hydrogens (tertiary/aromatic N) is 2. The minimum atomic E-state index is -0.478. The SMILES string of the molecule is CCc1ccccc1CN1CCOc2cc3c(c(C)c21)CCN(C(=O)OC(C)(C)C)CC3. The van der Waals surface area contributed by atoms with E-state index >= 15 is 0 Å². The van der Waals surface area contributed by atoms with E-state index in [9.17, 15) is 4.79 Å². The van der Waals surface area contributed by atoms with Gasteiger partial charge in [-0.2, -0.15) is 0 Å². The normalized spacial score (nSPS) is 16.0. The van der Waals surface area contributed by atoms with Crippen LogP contribution < -0.4 is 9.64 Å². The van der Waals surface area contributed by atoms with Crippen LogP contribution in [0, 0.1) is 6.92 Å². The highest BCUT2D eigenvalue weighted by molar-refractivity contribution is 5.71. The number of carbonyl (C=O) groups is 1. The summed E-state index contributed by atoms with van der Waals surface area (Å²) in [7, 11) is 0. The van der Waals surface area contributed by atoms with Gasteiger partial charge in [0.05, 0.1) is 12.2 Å². The Morgan fingerprint density at radius 2 is 1.81 bits per heavy atom. The first-order chi connectivity index (χ1) is 15.3. The predicted octanol–water partition coefficient (Wildman–Crippen LogP) is 5.29. The van der Waals surface area contributed by atoms with Crippen LogP contribution in [0.15, 0.2) is 30.3 Å². The number of hydrogen-bond acceptors (Lipinski definition) is 4. The third-order valence-corrected chi connectivity index (χ3v) is 6.46. The molecular weight excluding hydrogens is 400 g/mol. The van der Waals surface area contributed by atoms with E-state index in [0.29, 0.717) is 19.7 Å².